The molecule has 17 heavy (non-hydrogen) atoms. The zero-order chi connectivity index (χ0) is 13.0. The van der Waals surface area contributed by atoms with Crippen LogP contribution in [-0.4, -0.2) is 36.5 Å². The van der Waals surface area contributed by atoms with Gasteiger partial charge in [0.1, 0.15) is 0 Å². The highest BCUT2D eigenvalue weighted by Crippen LogP contribution is 2.30. The van der Waals surface area contributed by atoms with E-state index in [2.05, 4.69) is 0 Å². The van der Waals surface area contributed by atoms with Gasteiger partial charge < -0.3 is 25.4 Å². The van der Waals surface area contributed by atoms with Gasteiger partial charge in [-0.2, -0.15) is 0 Å². The summed E-state index contributed by atoms with van der Waals surface area (Å²) < 4.78 is 10.1. The van der Waals surface area contributed by atoms with Gasteiger partial charge in [0, 0.05) is 0 Å². The minimum Gasteiger partial charge on any atom is -0.493 e. The highest BCUT2D eigenvalue weighted by molar-refractivity contribution is 5.73. The standard InChI is InChI=1S/C11H15NO5/c1-16-7-4-3-6(5-8(7)17-2)9(12)10(13)11(14)15/h3-5,9-10,13H,12H2,1-2H3,(H,14,15)/t9-,10-/m0/s1. The Balaban J connectivity index is 3.03. The second kappa shape index (κ2) is 5.51. The van der Waals surface area contributed by atoms with E-state index in [1.54, 1.807) is 12.1 Å². The molecule has 0 saturated carbocycles. The van der Waals surface area contributed by atoms with E-state index in [-0.39, 0.29) is 0 Å². The van der Waals surface area contributed by atoms with Gasteiger partial charge in [0.15, 0.2) is 17.6 Å². The van der Waals surface area contributed by atoms with Crippen LogP contribution in [0.3, 0.4) is 0 Å². The number of carbonyl (C=O) groups is 1. The average Bonchev–Trinajstić information content (AvgIpc) is 2.35. The van der Waals surface area contributed by atoms with Crippen molar-refractivity contribution in [1.29, 1.82) is 0 Å². The van der Waals surface area contributed by atoms with Crippen molar-refractivity contribution >= 4 is 5.97 Å². The first-order chi connectivity index (χ1) is 8.01. The number of methoxy groups -OCH3 is 2. The second-order valence-corrected chi connectivity index (χ2v) is 3.42. The van der Waals surface area contributed by atoms with E-state index < -0.39 is 18.1 Å². The molecule has 0 aliphatic rings. The molecule has 0 amide bonds. The lowest BCUT2D eigenvalue weighted by molar-refractivity contribution is -0.147. The predicted octanol–water partition coefficient (Wildman–Crippen LogP) is 0.149. The molecule has 0 spiro atoms. The number of aliphatic carboxylic acids is 1. The normalized spacial score (nSPS) is 13.9. The van der Waals surface area contributed by atoms with Crippen LogP contribution in [-0.2, 0) is 4.79 Å². The second-order valence-electron chi connectivity index (χ2n) is 3.42. The maximum atomic E-state index is 10.6. The molecule has 0 saturated heterocycles. The van der Waals surface area contributed by atoms with E-state index in [9.17, 15) is 9.90 Å². The molecule has 0 aliphatic carbocycles. The van der Waals surface area contributed by atoms with Crippen LogP contribution in [0.15, 0.2) is 18.2 Å². The maximum Gasteiger partial charge on any atom is 0.334 e. The number of rotatable bonds is 5. The van der Waals surface area contributed by atoms with Gasteiger partial charge in [-0.25, -0.2) is 4.79 Å². The van der Waals surface area contributed by atoms with E-state index in [0.717, 1.165) is 0 Å². The summed E-state index contributed by atoms with van der Waals surface area (Å²) in [5.74, 6) is -0.432. The number of nitrogens with two attached hydrogens (primary N) is 1. The number of hydrogen-bond donors (Lipinski definition) is 3. The Labute approximate surface area is 98.6 Å². The smallest absolute Gasteiger partial charge is 0.334 e. The molecule has 0 heterocycles. The zero-order valence-corrected chi connectivity index (χ0v) is 9.58. The monoisotopic (exact) mass is 241 g/mol. The van der Waals surface area contributed by atoms with Crippen molar-refractivity contribution in [1.82, 2.24) is 0 Å². The van der Waals surface area contributed by atoms with Crippen molar-refractivity contribution in [2.75, 3.05) is 14.2 Å². The van der Waals surface area contributed by atoms with Crippen LogP contribution in [0.2, 0.25) is 0 Å². The molecule has 2 atom stereocenters. The maximum absolute atomic E-state index is 10.6. The summed E-state index contributed by atoms with van der Waals surface area (Å²) in [4.78, 5) is 10.6. The minimum atomic E-state index is -1.66. The van der Waals surface area contributed by atoms with E-state index in [0.29, 0.717) is 17.1 Å². The van der Waals surface area contributed by atoms with Gasteiger partial charge in [0.25, 0.3) is 0 Å². The van der Waals surface area contributed by atoms with Gasteiger partial charge in [-0.15, -0.1) is 0 Å². The highest BCUT2D eigenvalue weighted by atomic mass is 16.5. The SMILES string of the molecule is COc1ccc([C@H](N)[C@H](O)C(=O)O)cc1OC. The topological polar surface area (TPSA) is 102 Å². The summed E-state index contributed by atoms with van der Waals surface area (Å²) >= 11 is 0. The zero-order valence-electron chi connectivity index (χ0n) is 9.58. The van der Waals surface area contributed by atoms with Crippen molar-refractivity contribution in [3.8, 4) is 11.5 Å². The Kier molecular flexibility index (Phi) is 4.30. The molecular formula is C11H15NO5. The fourth-order valence-corrected chi connectivity index (χ4v) is 1.40. The van der Waals surface area contributed by atoms with Crippen molar-refractivity contribution in [2.45, 2.75) is 12.1 Å². The van der Waals surface area contributed by atoms with Crippen molar-refractivity contribution in [3.63, 3.8) is 0 Å². The number of ether oxygens (including phenoxy) is 2. The van der Waals surface area contributed by atoms with Crippen LogP contribution < -0.4 is 15.2 Å². The molecule has 0 aromatic heterocycles. The van der Waals surface area contributed by atoms with Crippen molar-refractivity contribution in [2.24, 2.45) is 5.73 Å². The molecule has 0 unspecified atom stereocenters. The number of aliphatic hydroxyl groups is 1. The van der Waals surface area contributed by atoms with Crippen molar-refractivity contribution < 1.29 is 24.5 Å². The Hall–Kier alpha value is -1.79. The molecule has 1 rings (SSSR count). The Morgan fingerprint density at radius 1 is 1.29 bits per heavy atom. The summed E-state index contributed by atoms with van der Waals surface area (Å²) in [5, 5.41) is 18.0. The number of carboxylic acid groups (broad SMARTS) is 1. The van der Waals surface area contributed by atoms with Crippen LogP contribution in [0.25, 0.3) is 0 Å². The van der Waals surface area contributed by atoms with E-state index in [1.165, 1.54) is 20.3 Å². The van der Waals surface area contributed by atoms with Crippen LogP contribution in [0.4, 0.5) is 0 Å². The van der Waals surface area contributed by atoms with Gasteiger partial charge >= 0.3 is 5.97 Å². The fraction of sp³-hybridized carbons (Fsp3) is 0.364. The van der Waals surface area contributed by atoms with Gasteiger partial charge in [-0.1, -0.05) is 6.07 Å². The lowest BCUT2D eigenvalue weighted by atomic mass is 10.0. The van der Waals surface area contributed by atoms with E-state index in [4.69, 9.17) is 20.3 Å². The van der Waals surface area contributed by atoms with Gasteiger partial charge in [-0.3, -0.25) is 0 Å². The first-order valence-corrected chi connectivity index (χ1v) is 4.89. The molecule has 94 valence electrons. The lowest BCUT2D eigenvalue weighted by Crippen LogP contribution is -2.33. The van der Waals surface area contributed by atoms with Crippen LogP contribution in [0.1, 0.15) is 11.6 Å². The molecule has 0 radical (unpaired) electrons. The quantitative estimate of drug-likeness (QED) is 0.678. The summed E-state index contributed by atoms with van der Waals surface area (Å²) in [7, 11) is 2.95. The Bertz CT molecular complexity index is 407. The molecule has 6 heteroatoms. The first-order valence-electron chi connectivity index (χ1n) is 4.89. The molecule has 0 fully saturated rings. The highest BCUT2D eigenvalue weighted by Gasteiger charge is 2.24. The molecule has 1 aromatic carbocycles. The van der Waals surface area contributed by atoms with Crippen LogP contribution in [0, 0.1) is 0 Å². The molecular weight excluding hydrogens is 226 g/mol. The Morgan fingerprint density at radius 2 is 1.88 bits per heavy atom. The van der Waals surface area contributed by atoms with Crippen LogP contribution in [0.5, 0.6) is 11.5 Å². The van der Waals surface area contributed by atoms with Crippen molar-refractivity contribution in [3.05, 3.63) is 23.8 Å². The third-order valence-corrected chi connectivity index (χ3v) is 2.39. The third kappa shape index (κ3) is 2.86. The van der Waals surface area contributed by atoms with Gasteiger partial charge in [0.2, 0.25) is 0 Å². The summed E-state index contributed by atoms with van der Waals surface area (Å²) in [6.07, 6.45) is -1.66. The molecule has 4 N–H and O–H groups in total. The van der Waals surface area contributed by atoms with Gasteiger partial charge in [0.05, 0.1) is 20.3 Å². The first kappa shape index (κ1) is 13.3. The molecule has 0 aliphatic heterocycles. The Morgan fingerprint density at radius 3 is 2.35 bits per heavy atom. The summed E-state index contributed by atoms with van der Waals surface area (Å²) in [6.45, 7) is 0. The fourth-order valence-electron chi connectivity index (χ4n) is 1.40. The largest absolute Gasteiger partial charge is 0.493 e. The molecule has 6 nitrogen and oxygen atoms in total. The summed E-state index contributed by atoms with van der Waals surface area (Å²) in [5.41, 5.74) is 6.08. The number of aliphatic hydroxyl groups excluding tert-OH is 1. The summed E-state index contributed by atoms with van der Waals surface area (Å²) in [6, 6.07) is 3.70. The average molecular weight is 241 g/mol. The molecule has 1 aromatic rings. The minimum absolute atomic E-state index is 0.429. The van der Waals surface area contributed by atoms with E-state index in [1.807, 2.05) is 0 Å². The number of benzene rings is 1. The lowest BCUT2D eigenvalue weighted by Gasteiger charge is -2.17. The third-order valence-electron chi connectivity index (χ3n) is 2.39. The van der Waals surface area contributed by atoms with Crippen LogP contribution >= 0.6 is 0 Å². The van der Waals surface area contributed by atoms with E-state index >= 15 is 0 Å². The molecule has 0 bridgehead atoms. The van der Waals surface area contributed by atoms with Gasteiger partial charge in [-0.05, 0) is 17.7 Å². The number of carboxylic acids is 1. The number of hydrogen-bond acceptors (Lipinski definition) is 5. The predicted molar refractivity (Wildman–Crippen MR) is 60.1 cm³/mol.